The van der Waals surface area contributed by atoms with E-state index in [2.05, 4.69) is 4.98 Å². The van der Waals surface area contributed by atoms with Crippen LogP contribution in [0.2, 0.25) is 0 Å². The third-order valence-corrected chi connectivity index (χ3v) is 4.74. The number of halogens is 4. The summed E-state index contributed by atoms with van der Waals surface area (Å²) in [5, 5.41) is -1.15. The molecule has 0 aliphatic heterocycles. The SMILES string of the molecule is CC(CCCl)S(=O)(=O)c1ccc(C(F)(F)F)cn1. The molecule has 0 saturated heterocycles. The van der Waals surface area contributed by atoms with E-state index in [1.165, 1.54) is 6.92 Å². The van der Waals surface area contributed by atoms with Crippen molar-refractivity contribution in [3.63, 3.8) is 0 Å². The van der Waals surface area contributed by atoms with Crippen LogP contribution in [-0.2, 0) is 16.0 Å². The van der Waals surface area contributed by atoms with E-state index in [1.54, 1.807) is 0 Å². The molecular formula is C10H11ClF3NO2S. The number of hydrogen-bond acceptors (Lipinski definition) is 3. The van der Waals surface area contributed by atoms with Gasteiger partial charge >= 0.3 is 6.18 Å². The molecule has 1 atom stereocenters. The van der Waals surface area contributed by atoms with Crippen molar-refractivity contribution in [1.82, 2.24) is 4.98 Å². The Balaban J connectivity index is 3.05. The standard InChI is InChI=1S/C10H11ClF3NO2S/c1-7(4-5-11)18(16,17)9-3-2-8(6-15-9)10(12,13)14/h2-3,6-7H,4-5H2,1H3. The van der Waals surface area contributed by atoms with Crippen LogP contribution in [0.1, 0.15) is 18.9 Å². The average Bonchev–Trinajstić information content (AvgIpc) is 2.28. The fraction of sp³-hybridized carbons (Fsp3) is 0.500. The topological polar surface area (TPSA) is 47.0 Å². The van der Waals surface area contributed by atoms with Crippen molar-refractivity contribution < 1.29 is 21.6 Å². The normalized spacial score (nSPS) is 14.5. The maximum absolute atomic E-state index is 12.3. The summed E-state index contributed by atoms with van der Waals surface area (Å²) < 4.78 is 60.6. The van der Waals surface area contributed by atoms with Gasteiger partial charge in [-0.15, -0.1) is 11.6 Å². The van der Waals surface area contributed by atoms with Crippen molar-refractivity contribution in [2.24, 2.45) is 0 Å². The first kappa shape index (κ1) is 15.2. The van der Waals surface area contributed by atoms with E-state index in [1.807, 2.05) is 0 Å². The van der Waals surface area contributed by atoms with Crippen LogP contribution < -0.4 is 0 Å². The summed E-state index contributed by atoms with van der Waals surface area (Å²) in [5.74, 6) is 0.154. The van der Waals surface area contributed by atoms with E-state index in [4.69, 9.17) is 11.6 Å². The van der Waals surface area contributed by atoms with Crippen LogP contribution in [-0.4, -0.2) is 24.5 Å². The van der Waals surface area contributed by atoms with E-state index in [9.17, 15) is 21.6 Å². The minimum Gasteiger partial charge on any atom is -0.244 e. The molecule has 0 bridgehead atoms. The molecule has 0 aliphatic carbocycles. The van der Waals surface area contributed by atoms with Gasteiger partial charge in [0.2, 0.25) is 0 Å². The van der Waals surface area contributed by atoms with Gasteiger partial charge in [0, 0.05) is 12.1 Å². The lowest BCUT2D eigenvalue weighted by molar-refractivity contribution is -0.137. The zero-order valence-corrected chi connectivity index (χ0v) is 11.0. The number of aromatic nitrogens is 1. The Labute approximate surface area is 108 Å². The van der Waals surface area contributed by atoms with Gasteiger partial charge in [-0.25, -0.2) is 13.4 Å². The van der Waals surface area contributed by atoms with Gasteiger partial charge in [-0.05, 0) is 25.5 Å². The summed E-state index contributed by atoms with van der Waals surface area (Å²) in [6.45, 7) is 1.44. The number of hydrogen-bond donors (Lipinski definition) is 0. The minimum atomic E-state index is -4.53. The van der Waals surface area contributed by atoms with E-state index >= 15 is 0 Å². The Morgan fingerprint density at radius 2 is 2.00 bits per heavy atom. The van der Waals surface area contributed by atoms with Crippen molar-refractivity contribution in [2.45, 2.75) is 29.8 Å². The fourth-order valence-electron chi connectivity index (χ4n) is 1.23. The summed E-state index contributed by atoms with van der Waals surface area (Å²) in [6, 6.07) is 1.57. The van der Waals surface area contributed by atoms with E-state index in [-0.39, 0.29) is 17.3 Å². The molecule has 0 fully saturated rings. The lowest BCUT2D eigenvalue weighted by Gasteiger charge is -2.11. The molecule has 0 saturated carbocycles. The van der Waals surface area contributed by atoms with Crippen molar-refractivity contribution in [2.75, 3.05) is 5.88 Å². The van der Waals surface area contributed by atoms with Crippen LogP contribution in [0.5, 0.6) is 0 Å². The van der Waals surface area contributed by atoms with Crippen molar-refractivity contribution in [1.29, 1.82) is 0 Å². The first-order chi connectivity index (χ1) is 8.19. The van der Waals surface area contributed by atoms with Crippen LogP contribution >= 0.6 is 11.6 Å². The van der Waals surface area contributed by atoms with Gasteiger partial charge in [0.1, 0.15) is 0 Å². The second-order valence-electron chi connectivity index (χ2n) is 3.72. The Morgan fingerprint density at radius 1 is 1.39 bits per heavy atom. The predicted octanol–water partition coefficient (Wildman–Crippen LogP) is 2.89. The minimum absolute atomic E-state index is 0.154. The summed E-state index contributed by atoms with van der Waals surface area (Å²) in [7, 11) is -3.73. The predicted molar refractivity (Wildman–Crippen MR) is 61.2 cm³/mol. The molecule has 0 aromatic carbocycles. The summed E-state index contributed by atoms with van der Waals surface area (Å²) in [6.07, 6.45) is -3.80. The third kappa shape index (κ3) is 3.35. The van der Waals surface area contributed by atoms with Crippen LogP contribution in [0.3, 0.4) is 0 Å². The number of sulfone groups is 1. The Bertz CT molecular complexity index is 499. The molecule has 1 heterocycles. The van der Waals surface area contributed by atoms with Crippen molar-refractivity contribution in [3.05, 3.63) is 23.9 Å². The summed E-state index contributed by atoms with van der Waals surface area (Å²) in [4.78, 5) is 3.37. The average molecular weight is 302 g/mol. The zero-order chi connectivity index (χ0) is 14.0. The van der Waals surface area contributed by atoms with Crippen LogP contribution in [0, 0.1) is 0 Å². The molecule has 102 valence electrons. The number of pyridine rings is 1. The number of rotatable bonds is 4. The lowest BCUT2D eigenvalue weighted by atomic mass is 10.3. The van der Waals surface area contributed by atoms with E-state index in [0.717, 1.165) is 6.07 Å². The van der Waals surface area contributed by atoms with Crippen molar-refractivity contribution in [3.8, 4) is 0 Å². The number of nitrogens with zero attached hydrogens (tertiary/aromatic N) is 1. The lowest BCUT2D eigenvalue weighted by Crippen LogP contribution is -2.20. The summed E-state index contributed by atoms with van der Waals surface area (Å²) >= 11 is 5.44. The molecular weight excluding hydrogens is 291 g/mol. The Kier molecular flexibility index (Phi) is 4.61. The van der Waals surface area contributed by atoms with Gasteiger partial charge in [-0.2, -0.15) is 13.2 Å². The fourth-order valence-corrected chi connectivity index (χ4v) is 2.99. The van der Waals surface area contributed by atoms with Crippen molar-refractivity contribution >= 4 is 21.4 Å². The van der Waals surface area contributed by atoms with Gasteiger partial charge in [-0.1, -0.05) is 0 Å². The van der Waals surface area contributed by atoms with Gasteiger partial charge in [0.15, 0.2) is 14.9 Å². The van der Waals surface area contributed by atoms with E-state index in [0.29, 0.717) is 12.3 Å². The van der Waals surface area contributed by atoms with Gasteiger partial charge in [0.25, 0.3) is 0 Å². The highest BCUT2D eigenvalue weighted by Gasteiger charge is 2.32. The highest BCUT2D eigenvalue weighted by Crippen LogP contribution is 2.29. The largest absolute Gasteiger partial charge is 0.417 e. The zero-order valence-electron chi connectivity index (χ0n) is 9.41. The first-order valence-corrected chi connectivity index (χ1v) is 7.10. The monoisotopic (exact) mass is 301 g/mol. The number of alkyl halides is 4. The quantitative estimate of drug-likeness (QED) is 0.803. The molecule has 0 amide bonds. The molecule has 1 unspecified atom stereocenters. The highest BCUT2D eigenvalue weighted by molar-refractivity contribution is 7.92. The van der Waals surface area contributed by atoms with Crippen LogP contribution in [0.4, 0.5) is 13.2 Å². The van der Waals surface area contributed by atoms with Gasteiger partial charge in [0.05, 0.1) is 10.8 Å². The van der Waals surface area contributed by atoms with Crippen LogP contribution in [0.25, 0.3) is 0 Å². The molecule has 0 radical (unpaired) electrons. The molecule has 0 aliphatic rings. The smallest absolute Gasteiger partial charge is 0.244 e. The molecule has 8 heteroatoms. The second kappa shape index (κ2) is 5.44. The third-order valence-electron chi connectivity index (χ3n) is 2.40. The molecule has 18 heavy (non-hydrogen) atoms. The summed E-state index contributed by atoms with van der Waals surface area (Å²) in [5.41, 5.74) is -0.980. The first-order valence-electron chi connectivity index (χ1n) is 5.02. The molecule has 3 nitrogen and oxygen atoms in total. The van der Waals surface area contributed by atoms with Gasteiger partial charge < -0.3 is 0 Å². The van der Waals surface area contributed by atoms with Crippen LogP contribution in [0.15, 0.2) is 23.4 Å². The second-order valence-corrected chi connectivity index (χ2v) is 6.41. The molecule has 1 aromatic rings. The molecule has 1 rings (SSSR count). The van der Waals surface area contributed by atoms with Gasteiger partial charge in [-0.3, -0.25) is 0 Å². The maximum atomic E-state index is 12.3. The maximum Gasteiger partial charge on any atom is 0.417 e. The Morgan fingerprint density at radius 3 is 2.39 bits per heavy atom. The molecule has 0 spiro atoms. The molecule has 1 aromatic heterocycles. The molecule has 0 N–H and O–H groups in total. The van der Waals surface area contributed by atoms with E-state index < -0.39 is 26.8 Å². The Hall–Kier alpha value is -0.820. The highest BCUT2D eigenvalue weighted by atomic mass is 35.5.